The average molecular weight is 252 g/mol. The quantitative estimate of drug-likeness (QED) is 0.719. The molecule has 1 aliphatic heterocycles. The SMILES string of the molecule is O=C(CN1CC[C@H](O)C1)NCCC1=CCCCC1. The molecule has 102 valence electrons. The third kappa shape index (κ3) is 4.42. The monoisotopic (exact) mass is 252 g/mol. The summed E-state index contributed by atoms with van der Waals surface area (Å²) in [6.45, 7) is 2.65. The number of amides is 1. The Hall–Kier alpha value is -0.870. The predicted molar refractivity (Wildman–Crippen MR) is 71.2 cm³/mol. The van der Waals surface area contributed by atoms with Gasteiger partial charge in [0.15, 0.2) is 0 Å². The molecule has 2 N–H and O–H groups in total. The van der Waals surface area contributed by atoms with Crippen molar-refractivity contribution in [1.29, 1.82) is 0 Å². The molecule has 4 nitrogen and oxygen atoms in total. The summed E-state index contributed by atoms with van der Waals surface area (Å²) in [6, 6.07) is 0. The average Bonchev–Trinajstić information content (AvgIpc) is 2.76. The first kappa shape index (κ1) is 13.6. The zero-order chi connectivity index (χ0) is 12.8. The van der Waals surface area contributed by atoms with Gasteiger partial charge in [-0.3, -0.25) is 9.69 Å². The summed E-state index contributed by atoms with van der Waals surface area (Å²) in [7, 11) is 0. The van der Waals surface area contributed by atoms with Crippen molar-refractivity contribution >= 4 is 5.91 Å². The number of allylic oxidation sites excluding steroid dienone is 1. The van der Waals surface area contributed by atoms with E-state index in [1.54, 1.807) is 0 Å². The highest BCUT2D eigenvalue weighted by molar-refractivity contribution is 5.78. The minimum atomic E-state index is -0.245. The zero-order valence-electron chi connectivity index (χ0n) is 11.0. The van der Waals surface area contributed by atoms with Crippen LogP contribution in [0.5, 0.6) is 0 Å². The first-order valence-electron chi connectivity index (χ1n) is 7.09. The second-order valence-electron chi connectivity index (χ2n) is 5.39. The van der Waals surface area contributed by atoms with Gasteiger partial charge in [-0.15, -0.1) is 0 Å². The van der Waals surface area contributed by atoms with Crippen LogP contribution < -0.4 is 5.32 Å². The Morgan fingerprint density at radius 1 is 1.50 bits per heavy atom. The maximum absolute atomic E-state index is 11.7. The molecule has 1 saturated heterocycles. The molecule has 1 aliphatic carbocycles. The fraction of sp³-hybridized carbons (Fsp3) is 0.786. The Morgan fingerprint density at radius 2 is 2.39 bits per heavy atom. The molecule has 0 radical (unpaired) electrons. The number of hydrogen-bond acceptors (Lipinski definition) is 3. The number of likely N-dealkylation sites (tertiary alicyclic amines) is 1. The molecule has 1 atom stereocenters. The Kier molecular flexibility index (Phi) is 5.20. The molecule has 0 aromatic rings. The number of carbonyl (C=O) groups excluding carboxylic acids is 1. The van der Waals surface area contributed by atoms with E-state index in [-0.39, 0.29) is 12.0 Å². The molecule has 0 unspecified atom stereocenters. The lowest BCUT2D eigenvalue weighted by Gasteiger charge is -2.16. The van der Waals surface area contributed by atoms with E-state index in [2.05, 4.69) is 11.4 Å². The molecule has 2 aliphatic rings. The van der Waals surface area contributed by atoms with Gasteiger partial charge in [0, 0.05) is 19.6 Å². The Balaban J connectivity index is 1.58. The Bertz CT molecular complexity index is 315. The van der Waals surface area contributed by atoms with Crippen LogP contribution in [0.15, 0.2) is 11.6 Å². The van der Waals surface area contributed by atoms with E-state index in [1.807, 2.05) is 4.90 Å². The van der Waals surface area contributed by atoms with Crippen LogP contribution in [-0.2, 0) is 4.79 Å². The minimum absolute atomic E-state index is 0.0838. The maximum Gasteiger partial charge on any atom is 0.234 e. The normalized spacial score (nSPS) is 24.9. The molecule has 1 amide bonds. The van der Waals surface area contributed by atoms with Gasteiger partial charge in [0.25, 0.3) is 0 Å². The lowest BCUT2D eigenvalue weighted by molar-refractivity contribution is -0.122. The minimum Gasteiger partial charge on any atom is -0.392 e. The van der Waals surface area contributed by atoms with Gasteiger partial charge in [-0.1, -0.05) is 11.6 Å². The van der Waals surface area contributed by atoms with E-state index in [9.17, 15) is 9.90 Å². The first-order valence-corrected chi connectivity index (χ1v) is 7.09. The number of aliphatic hydroxyl groups is 1. The van der Waals surface area contributed by atoms with Gasteiger partial charge in [0.2, 0.25) is 5.91 Å². The molecule has 0 aromatic heterocycles. The van der Waals surface area contributed by atoms with Crippen molar-refractivity contribution in [2.45, 2.75) is 44.6 Å². The van der Waals surface area contributed by atoms with Crippen LogP contribution in [0.1, 0.15) is 38.5 Å². The van der Waals surface area contributed by atoms with Crippen molar-refractivity contribution < 1.29 is 9.90 Å². The molecule has 0 aromatic carbocycles. The van der Waals surface area contributed by atoms with E-state index in [4.69, 9.17) is 0 Å². The number of β-amino-alcohol motifs (C(OH)–C–C–N with tert-alkyl or cyclic N) is 1. The van der Waals surface area contributed by atoms with Crippen molar-refractivity contribution in [3.05, 3.63) is 11.6 Å². The number of nitrogens with zero attached hydrogens (tertiary/aromatic N) is 1. The van der Waals surface area contributed by atoms with E-state index in [0.29, 0.717) is 13.1 Å². The number of nitrogens with one attached hydrogen (secondary N) is 1. The van der Waals surface area contributed by atoms with Gasteiger partial charge in [-0.05, 0) is 38.5 Å². The fourth-order valence-corrected chi connectivity index (χ4v) is 2.71. The van der Waals surface area contributed by atoms with Crippen molar-refractivity contribution in [3.8, 4) is 0 Å². The number of aliphatic hydroxyl groups excluding tert-OH is 1. The second-order valence-corrected chi connectivity index (χ2v) is 5.39. The Morgan fingerprint density at radius 3 is 3.06 bits per heavy atom. The molecular weight excluding hydrogens is 228 g/mol. The van der Waals surface area contributed by atoms with Crippen molar-refractivity contribution in [2.75, 3.05) is 26.2 Å². The molecule has 4 heteroatoms. The summed E-state index contributed by atoms with van der Waals surface area (Å²) < 4.78 is 0. The lowest BCUT2D eigenvalue weighted by Crippen LogP contribution is -2.36. The summed E-state index contributed by atoms with van der Waals surface area (Å²) in [5.41, 5.74) is 1.50. The van der Waals surface area contributed by atoms with Crippen molar-refractivity contribution in [2.24, 2.45) is 0 Å². The summed E-state index contributed by atoms with van der Waals surface area (Å²) in [4.78, 5) is 13.7. The topological polar surface area (TPSA) is 52.6 Å². The molecule has 0 spiro atoms. The summed E-state index contributed by atoms with van der Waals surface area (Å²) >= 11 is 0. The van der Waals surface area contributed by atoms with E-state index in [0.717, 1.165) is 25.9 Å². The van der Waals surface area contributed by atoms with E-state index < -0.39 is 0 Å². The molecule has 0 bridgehead atoms. The molecular formula is C14H24N2O2. The van der Waals surface area contributed by atoms with Gasteiger partial charge in [0.1, 0.15) is 0 Å². The first-order chi connectivity index (χ1) is 8.74. The van der Waals surface area contributed by atoms with Crippen LogP contribution in [0.4, 0.5) is 0 Å². The van der Waals surface area contributed by atoms with E-state index >= 15 is 0 Å². The van der Waals surface area contributed by atoms with Gasteiger partial charge in [-0.2, -0.15) is 0 Å². The molecule has 2 rings (SSSR count). The maximum atomic E-state index is 11.7. The zero-order valence-corrected chi connectivity index (χ0v) is 11.0. The number of carbonyl (C=O) groups is 1. The molecule has 1 heterocycles. The summed E-state index contributed by atoms with van der Waals surface area (Å²) in [6.07, 6.45) is 8.88. The standard InChI is InChI=1S/C14H24N2O2/c17-13-7-9-16(10-13)11-14(18)15-8-6-12-4-2-1-3-5-12/h4,13,17H,1-3,5-11H2,(H,15,18)/t13-/m0/s1. The van der Waals surface area contributed by atoms with Crippen LogP contribution in [-0.4, -0.2) is 48.2 Å². The highest BCUT2D eigenvalue weighted by Gasteiger charge is 2.21. The largest absolute Gasteiger partial charge is 0.392 e. The van der Waals surface area contributed by atoms with Crippen molar-refractivity contribution in [1.82, 2.24) is 10.2 Å². The molecule has 18 heavy (non-hydrogen) atoms. The van der Waals surface area contributed by atoms with Crippen LogP contribution in [0.2, 0.25) is 0 Å². The number of hydrogen-bond donors (Lipinski definition) is 2. The van der Waals surface area contributed by atoms with Gasteiger partial charge in [-0.25, -0.2) is 0 Å². The van der Waals surface area contributed by atoms with E-state index in [1.165, 1.54) is 31.3 Å². The molecule has 1 fully saturated rings. The highest BCUT2D eigenvalue weighted by atomic mass is 16.3. The van der Waals surface area contributed by atoms with Crippen molar-refractivity contribution in [3.63, 3.8) is 0 Å². The smallest absolute Gasteiger partial charge is 0.234 e. The Labute approximate surface area is 109 Å². The summed E-state index contributed by atoms with van der Waals surface area (Å²) in [5.74, 6) is 0.0838. The molecule has 0 saturated carbocycles. The lowest BCUT2D eigenvalue weighted by atomic mass is 9.97. The third-order valence-electron chi connectivity index (χ3n) is 3.77. The highest BCUT2D eigenvalue weighted by Crippen LogP contribution is 2.19. The second kappa shape index (κ2) is 6.90. The van der Waals surface area contributed by atoms with Crippen LogP contribution in [0.25, 0.3) is 0 Å². The fourth-order valence-electron chi connectivity index (χ4n) is 2.71. The number of rotatable bonds is 5. The van der Waals surface area contributed by atoms with Crippen LogP contribution in [0.3, 0.4) is 0 Å². The van der Waals surface area contributed by atoms with Gasteiger partial charge < -0.3 is 10.4 Å². The third-order valence-corrected chi connectivity index (χ3v) is 3.77. The predicted octanol–water partition coefficient (Wildman–Crippen LogP) is 1.06. The summed E-state index contributed by atoms with van der Waals surface area (Å²) in [5, 5.41) is 12.3. The van der Waals surface area contributed by atoms with Crippen LogP contribution >= 0.6 is 0 Å². The van der Waals surface area contributed by atoms with Gasteiger partial charge >= 0.3 is 0 Å². The van der Waals surface area contributed by atoms with Crippen LogP contribution in [0, 0.1) is 0 Å². The van der Waals surface area contributed by atoms with Gasteiger partial charge in [0.05, 0.1) is 12.6 Å².